The van der Waals surface area contributed by atoms with Crippen LogP contribution in [0.3, 0.4) is 0 Å². The lowest BCUT2D eigenvalue weighted by molar-refractivity contribution is 0.494. The molecule has 16 heavy (non-hydrogen) atoms. The quantitative estimate of drug-likeness (QED) is 0.394. The summed E-state index contributed by atoms with van der Waals surface area (Å²) < 4.78 is 0. The summed E-state index contributed by atoms with van der Waals surface area (Å²) in [6, 6.07) is 8.47. The van der Waals surface area contributed by atoms with Gasteiger partial charge in [-0.3, -0.25) is 4.99 Å². The fourth-order valence-electron chi connectivity index (χ4n) is 1.26. The summed E-state index contributed by atoms with van der Waals surface area (Å²) in [4.78, 5) is 7.14. The molecular weight excluding hydrogens is 333 g/mol. The minimum absolute atomic E-state index is 0. The molecule has 0 saturated heterocycles. The molecule has 2 N–H and O–H groups in total. The second-order valence-electron chi connectivity index (χ2n) is 3.29. The van der Waals surface area contributed by atoms with E-state index in [0.717, 1.165) is 6.54 Å². The fourth-order valence-corrected chi connectivity index (χ4v) is 1.66. The smallest absolute Gasteiger partial charge is 0.191 e. The predicted molar refractivity (Wildman–Crippen MR) is 82.7 cm³/mol. The molecule has 1 aromatic rings. The Morgan fingerprint density at radius 3 is 2.38 bits per heavy atom. The van der Waals surface area contributed by atoms with Gasteiger partial charge in [0, 0.05) is 25.5 Å². The normalized spacial score (nSPS) is 10.8. The van der Waals surface area contributed by atoms with Gasteiger partial charge < -0.3 is 10.6 Å². The molecule has 3 nitrogen and oxygen atoms in total. The Balaban J connectivity index is 0.00000225. The van der Waals surface area contributed by atoms with E-state index in [1.165, 1.54) is 10.5 Å². The molecule has 1 rings (SSSR count). The number of guanidine groups is 1. The molecule has 5 heteroatoms. The zero-order valence-electron chi connectivity index (χ0n) is 9.80. The molecule has 0 aromatic heterocycles. The van der Waals surface area contributed by atoms with E-state index in [9.17, 15) is 0 Å². The Hall–Kier alpha value is -0.430. The first-order chi connectivity index (χ1) is 7.17. The second-order valence-corrected chi connectivity index (χ2v) is 4.17. The molecule has 0 heterocycles. The van der Waals surface area contributed by atoms with Crippen LogP contribution in [0.1, 0.15) is 5.56 Å². The van der Waals surface area contributed by atoms with Crippen molar-refractivity contribution < 1.29 is 0 Å². The van der Waals surface area contributed by atoms with Gasteiger partial charge in [0.1, 0.15) is 0 Å². The summed E-state index contributed by atoms with van der Waals surface area (Å²) in [7, 11) is 3.63. The number of aliphatic imine (C=N–C) groups is 1. The summed E-state index contributed by atoms with van der Waals surface area (Å²) in [5.41, 5.74) is 6.93. The predicted octanol–water partition coefficient (Wildman–Crippen LogP) is 2.40. The number of benzene rings is 1. The van der Waals surface area contributed by atoms with Crippen LogP contribution >= 0.6 is 35.7 Å². The highest BCUT2D eigenvalue weighted by molar-refractivity contribution is 14.0. The van der Waals surface area contributed by atoms with E-state index in [4.69, 9.17) is 5.73 Å². The van der Waals surface area contributed by atoms with Crippen LogP contribution in [-0.2, 0) is 6.54 Å². The highest BCUT2D eigenvalue weighted by atomic mass is 127. The van der Waals surface area contributed by atoms with Gasteiger partial charge in [0.2, 0.25) is 0 Å². The Bertz CT molecular complexity index is 338. The van der Waals surface area contributed by atoms with Crippen LogP contribution in [0, 0.1) is 0 Å². The van der Waals surface area contributed by atoms with Crippen molar-refractivity contribution in [1.82, 2.24) is 4.90 Å². The van der Waals surface area contributed by atoms with E-state index in [-0.39, 0.29) is 24.0 Å². The Morgan fingerprint density at radius 2 is 1.94 bits per heavy atom. The van der Waals surface area contributed by atoms with Crippen molar-refractivity contribution in [3.63, 3.8) is 0 Å². The molecule has 0 saturated carbocycles. The van der Waals surface area contributed by atoms with E-state index in [1.807, 2.05) is 11.9 Å². The average Bonchev–Trinajstić information content (AvgIpc) is 2.29. The second kappa shape index (κ2) is 7.78. The monoisotopic (exact) mass is 351 g/mol. The van der Waals surface area contributed by atoms with Gasteiger partial charge in [-0.1, -0.05) is 12.1 Å². The number of thioether (sulfide) groups is 1. The lowest BCUT2D eigenvalue weighted by Crippen LogP contribution is -2.33. The number of halogens is 1. The van der Waals surface area contributed by atoms with Crippen molar-refractivity contribution in [2.24, 2.45) is 10.7 Å². The zero-order valence-corrected chi connectivity index (χ0v) is 13.0. The summed E-state index contributed by atoms with van der Waals surface area (Å²) >= 11 is 1.75. The van der Waals surface area contributed by atoms with E-state index < -0.39 is 0 Å². The van der Waals surface area contributed by atoms with Crippen molar-refractivity contribution in [2.75, 3.05) is 20.4 Å². The average molecular weight is 351 g/mol. The SMILES string of the molecule is CN=C(N)N(C)Cc1ccc(SC)cc1.I. The third-order valence-corrected chi connectivity index (χ3v) is 2.94. The van der Waals surface area contributed by atoms with Crippen LogP contribution in [0.4, 0.5) is 0 Å². The highest BCUT2D eigenvalue weighted by Crippen LogP contribution is 2.15. The molecule has 90 valence electrons. The van der Waals surface area contributed by atoms with E-state index in [2.05, 4.69) is 35.5 Å². The van der Waals surface area contributed by atoms with Gasteiger partial charge >= 0.3 is 0 Å². The van der Waals surface area contributed by atoms with Crippen LogP contribution in [0.25, 0.3) is 0 Å². The topological polar surface area (TPSA) is 41.6 Å². The molecule has 0 aliphatic carbocycles. The van der Waals surface area contributed by atoms with Crippen LogP contribution in [-0.4, -0.2) is 31.2 Å². The number of hydrogen-bond donors (Lipinski definition) is 1. The van der Waals surface area contributed by atoms with Crippen molar-refractivity contribution >= 4 is 41.7 Å². The first-order valence-corrected chi connectivity index (χ1v) is 5.96. The van der Waals surface area contributed by atoms with Gasteiger partial charge in [-0.05, 0) is 24.0 Å². The molecule has 0 unspecified atom stereocenters. The number of nitrogens with zero attached hydrogens (tertiary/aromatic N) is 2. The summed E-state index contributed by atoms with van der Waals surface area (Å²) in [5, 5.41) is 0. The summed E-state index contributed by atoms with van der Waals surface area (Å²) in [6.07, 6.45) is 2.07. The largest absolute Gasteiger partial charge is 0.370 e. The van der Waals surface area contributed by atoms with Crippen molar-refractivity contribution in [1.29, 1.82) is 0 Å². The maximum atomic E-state index is 5.69. The van der Waals surface area contributed by atoms with Gasteiger partial charge in [0.15, 0.2) is 5.96 Å². The lowest BCUT2D eigenvalue weighted by atomic mass is 10.2. The standard InChI is InChI=1S/C11H17N3S.HI/c1-13-11(12)14(2)8-9-4-6-10(15-3)7-5-9;/h4-7H,8H2,1-3H3,(H2,12,13);1H. The van der Waals surface area contributed by atoms with Gasteiger partial charge in [0.05, 0.1) is 0 Å². The van der Waals surface area contributed by atoms with Gasteiger partial charge in [0.25, 0.3) is 0 Å². The summed E-state index contributed by atoms with van der Waals surface area (Å²) in [5.74, 6) is 0.559. The number of hydrogen-bond acceptors (Lipinski definition) is 2. The first-order valence-electron chi connectivity index (χ1n) is 4.73. The fraction of sp³-hybridized carbons (Fsp3) is 0.364. The first kappa shape index (κ1) is 15.6. The minimum atomic E-state index is 0. The molecule has 0 fully saturated rings. The number of nitrogens with two attached hydrogens (primary N) is 1. The van der Waals surface area contributed by atoms with E-state index >= 15 is 0 Å². The molecule has 0 atom stereocenters. The molecule has 1 aromatic carbocycles. The molecule has 0 radical (unpaired) electrons. The van der Waals surface area contributed by atoms with E-state index in [1.54, 1.807) is 18.8 Å². The van der Waals surface area contributed by atoms with Crippen molar-refractivity contribution in [3.8, 4) is 0 Å². The Kier molecular flexibility index (Phi) is 7.57. The van der Waals surface area contributed by atoms with Gasteiger partial charge in [-0.15, -0.1) is 35.7 Å². The molecule has 0 aliphatic heterocycles. The molecule has 0 aliphatic rings. The Morgan fingerprint density at radius 1 is 1.38 bits per heavy atom. The zero-order chi connectivity index (χ0) is 11.3. The molecule has 0 amide bonds. The maximum absolute atomic E-state index is 5.69. The highest BCUT2D eigenvalue weighted by Gasteiger charge is 2.01. The van der Waals surface area contributed by atoms with Crippen LogP contribution in [0.5, 0.6) is 0 Å². The van der Waals surface area contributed by atoms with Crippen LogP contribution in [0.2, 0.25) is 0 Å². The summed E-state index contributed by atoms with van der Waals surface area (Å²) in [6.45, 7) is 0.790. The number of rotatable bonds is 3. The molecule has 0 bridgehead atoms. The van der Waals surface area contributed by atoms with Crippen molar-refractivity contribution in [2.45, 2.75) is 11.4 Å². The Labute approximate surface area is 119 Å². The van der Waals surface area contributed by atoms with Gasteiger partial charge in [-0.25, -0.2) is 0 Å². The molecule has 0 spiro atoms. The third-order valence-electron chi connectivity index (χ3n) is 2.20. The van der Waals surface area contributed by atoms with Crippen LogP contribution in [0.15, 0.2) is 34.2 Å². The maximum Gasteiger partial charge on any atom is 0.191 e. The van der Waals surface area contributed by atoms with Crippen LogP contribution < -0.4 is 5.73 Å². The molecular formula is C11H18IN3S. The third kappa shape index (κ3) is 4.61. The van der Waals surface area contributed by atoms with Crippen molar-refractivity contribution in [3.05, 3.63) is 29.8 Å². The van der Waals surface area contributed by atoms with E-state index in [0.29, 0.717) is 5.96 Å². The van der Waals surface area contributed by atoms with Gasteiger partial charge in [-0.2, -0.15) is 0 Å². The minimum Gasteiger partial charge on any atom is -0.370 e. The lowest BCUT2D eigenvalue weighted by Gasteiger charge is -2.17.